The van der Waals surface area contributed by atoms with Gasteiger partial charge in [0.25, 0.3) is 0 Å². The number of carbonyl (C=O) groups excluding carboxylic acids is 3. The number of amides is 2. The largest absolute Gasteiger partial charge is 0.385 e. The Kier molecular flexibility index (Phi) is 12.6. The summed E-state index contributed by atoms with van der Waals surface area (Å²) in [5.74, 6) is 0.118. The monoisotopic (exact) mass is 300 g/mol. The molecule has 0 spiro atoms. The molecule has 122 valence electrons. The Bertz CT molecular complexity index is 319. The zero-order valence-corrected chi connectivity index (χ0v) is 13.2. The molecule has 0 aliphatic carbocycles. The van der Waals surface area contributed by atoms with Crippen LogP contribution in [0.25, 0.3) is 0 Å². The summed E-state index contributed by atoms with van der Waals surface area (Å²) < 4.78 is 4.88. The SMILES string of the molecule is CCC(=O)CCCNC(=O)CCCC(=O)NCCCOC. The highest BCUT2D eigenvalue weighted by atomic mass is 16.5. The lowest BCUT2D eigenvalue weighted by molar-refractivity contribution is -0.123. The summed E-state index contributed by atoms with van der Waals surface area (Å²) >= 11 is 0. The van der Waals surface area contributed by atoms with Gasteiger partial charge in [0, 0.05) is 52.5 Å². The minimum absolute atomic E-state index is 0.0348. The maximum atomic E-state index is 11.5. The summed E-state index contributed by atoms with van der Waals surface area (Å²) in [6.07, 6.45) is 3.77. The van der Waals surface area contributed by atoms with Gasteiger partial charge in [-0.3, -0.25) is 14.4 Å². The molecule has 0 bridgehead atoms. The van der Waals surface area contributed by atoms with E-state index in [-0.39, 0.29) is 17.6 Å². The molecule has 0 aromatic rings. The quantitative estimate of drug-likeness (QED) is 0.500. The van der Waals surface area contributed by atoms with Crippen molar-refractivity contribution in [3.8, 4) is 0 Å². The second-order valence-corrected chi connectivity index (χ2v) is 4.90. The van der Waals surface area contributed by atoms with Crippen LogP contribution in [0.1, 0.15) is 51.9 Å². The number of rotatable bonds is 13. The molecule has 0 radical (unpaired) electrons. The molecule has 6 nitrogen and oxygen atoms in total. The van der Waals surface area contributed by atoms with Crippen LogP contribution in [0.15, 0.2) is 0 Å². The highest BCUT2D eigenvalue weighted by Crippen LogP contribution is 1.97. The molecular formula is C15H28N2O4. The van der Waals surface area contributed by atoms with Crippen molar-refractivity contribution in [1.82, 2.24) is 10.6 Å². The van der Waals surface area contributed by atoms with E-state index < -0.39 is 0 Å². The van der Waals surface area contributed by atoms with E-state index in [1.807, 2.05) is 6.92 Å². The van der Waals surface area contributed by atoms with Gasteiger partial charge >= 0.3 is 0 Å². The molecule has 0 aliphatic rings. The minimum Gasteiger partial charge on any atom is -0.385 e. The molecule has 0 aromatic heterocycles. The van der Waals surface area contributed by atoms with E-state index in [0.29, 0.717) is 58.2 Å². The van der Waals surface area contributed by atoms with Gasteiger partial charge in [-0.25, -0.2) is 0 Å². The summed E-state index contributed by atoms with van der Waals surface area (Å²) in [6.45, 7) is 3.59. The molecule has 0 fully saturated rings. The first-order chi connectivity index (χ1) is 10.1. The van der Waals surface area contributed by atoms with Gasteiger partial charge in [0.1, 0.15) is 5.78 Å². The van der Waals surface area contributed by atoms with Gasteiger partial charge in [0.05, 0.1) is 0 Å². The fourth-order valence-electron chi connectivity index (χ4n) is 1.72. The highest BCUT2D eigenvalue weighted by molar-refractivity contribution is 5.79. The number of nitrogens with one attached hydrogen (secondary N) is 2. The summed E-state index contributed by atoms with van der Waals surface area (Å²) in [6, 6.07) is 0. The molecule has 0 saturated carbocycles. The van der Waals surface area contributed by atoms with Crippen molar-refractivity contribution in [3.63, 3.8) is 0 Å². The van der Waals surface area contributed by atoms with Crippen LogP contribution in [0.3, 0.4) is 0 Å². The van der Waals surface area contributed by atoms with Crippen molar-refractivity contribution in [2.75, 3.05) is 26.8 Å². The molecule has 0 aromatic carbocycles. The Hall–Kier alpha value is -1.43. The molecule has 6 heteroatoms. The topological polar surface area (TPSA) is 84.5 Å². The molecule has 0 aliphatic heterocycles. The first-order valence-corrected chi connectivity index (χ1v) is 7.64. The lowest BCUT2D eigenvalue weighted by Crippen LogP contribution is -2.27. The van der Waals surface area contributed by atoms with Crippen molar-refractivity contribution in [3.05, 3.63) is 0 Å². The number of carbonyl (C=O) groups is 3. The Morgan fingerprint density at radius 3 is 1.95 bits per heavy atom. The van der Waals surface area contributed by atoms with Crippen LogP contribution in [0, 0.1) is 0 Å². The van der Waals surface area contributed by atoms with Crippen LogP contribution in [-0.4, -0.2) is 44.4 Å². The summed E-state index contributed by atoms with van der Waals surface area (Å²) in [5.41, 5.74) is 0. The van der Waals surface area contributed by atoms with Crippen LogP contribution in [0.4, 0.5) is 0 Å². The van der Waals surface area contributed by atoms with E-state index in [1.165, 1.54) is 0 Å². The van der Waals surface area contributed by atoms with Crippen molar-refractivity contribution in [2.24, 2.45) is 0 Å². The predicted octanol–water partition coefficient (Wildman–Crippen LogP) is 1.18. The standard InChI is InChI=1S/C15H28N2O4/c1-3-13(18)7-5-10-16-14(19)8-4-9-15(20)17-11-6-12-21-2/h3-12H2,1-2H3,(H,16,19)(H,17,20). The Morgan fingerprint density at radius 2 is 1.43 bits per heavy atom. The van der Waals surface area contributed by atoms with E-state index in [0.717, 1.165) is 6.42 Å². The Balaban J connectivity index is 3.44. The lowest BCUT2D eigenvalue weighted by Gasteiger charge is -2.06. The number of ketones is 1. The smallest absolute Gasteiger partial charge is 0.220 e. The van der Waals surface area contributed by atoms with E-state index >= 15 is 0 Å². The maximum absolute atomic E-state index is 11.5. The Morgan fingerprint density at radius 1 is 0.857 bits per heavy atom. The van der Waals surface area contributed by atoms with E-state index in [9.17, 15) is 14.4 Å². The maximum Gasteiger partial charge on any atom is 0.220 e. The molecule has 0 rings (SSSR count). The predicted molar refractivity (Wildman–Crippen MR) is 80.9 cm³/mol. The first-order valence-electron chi connectivity index (χ1n) is 7.64. The summed E-state index contributed by atoms with van der Waals surface area (Å²) in [7, 11) is 1.62. The first kappa shape index (κ1) is 19.6. The van der Waals surface area contributed by atoms with Gasteiger partial charge < -0.3 is 15.4 Å². The van der Waals surface area contributed by atoms with Crippen LogP contribution in [0.5, 0.6) is 0 Å². The third-order valence-electron chi connectivity index (χ3n) is 3.00. The van der Waals surface area contributed by atoms with Crippen molar-refractivity contribution >= 4 is 17.6 Å². The zero-order valence-electron chi connectivity index (χ0n) is 13.2. The van der Waals surface area contributed by atoms with Crippen LogP contribution < -0.4 is 10.6 Å². The molecule has 21 heavy (non-hydrogen) atoms. The lowest BCUT2D eigenvalue weighted by atomic mass is 10.2. The zero-order chi connectivity index (χ0) is 15.9. The molecule has 2 amide bonds. The second-order valence-electron chi connectivity index (χ2n) is 4.90. The van der Waals surface area contributed by atoms with Crippen molar-refractivity contribution in [1.29, 1.82) is 0 Å². The normalized spacial score (nSPS) is 10.2. The number of ether oxygens (including phenoxy) is 1. The van der Waals surface area contributed by atoms with Gasteiger partial charge in [-0.2, -0.15) is 0 Å². The van der Waals surface area contributed by atoms with Gasteiger partial charge in [-0.1, -0.05) is 6.92 Å². The van der Waals surface area contributed by atoms with Gasteiger partial charge in [0.15, 0.2) is 0 Å². The molecule has 0 unspecified atom stereocenters. The summed E-state index contributed by atoms with van der Waals surface area (Å²) in [4.78, 5) is 34.0. The van der Waals surface area contributed by atoms with Crippen molar-refractivity contribution in [2.45, 2.75) is 51.9 Å². The van der Waals surface area contributed by atoms with Crippen molar-refractivity contribution < 1.29 is 19.1 Å². The fourth-order valence-corrected chi connectivity index (χ4v) is 1.72. The minimum atomic E-state index is -0.0638. The fraction of sp³-hybridized carbons (Fsp3) is 0.800. The molecule has 0 atom stereocenters. The third kappa shape index (κ3) is 13.3. The van der Waals surface area contributed by atoms with E-state index in [4.69, 9.17) is 4.74 Å². The molecule has 2 N–H and O–H groups in total. The van der Waals surface area contributed by atoms with Crippen LogP contribution in [-0.2, 0) is 19.1 Å². The number of methoxy groups -OCH3 is 1. The molecule has 0 saturated heterocycles. The Labute approximate surface area is 127 Å². The van der Waals surface area contributed by atoms with Gasteiger partial charge in [-0.05, 0) is 19.3 Å². The number of hydrogen-bond acceptors (Lipinski definition) is 4. The van der Waals surface area contributed by atoms with Gasteiger partial charge in [0.2, 0.25) is 11.8 Å². The number of Topliss-reactive ketones (excluding diaryl/α,β-unsaturated/α-hetero) is 1. The highest BCUT2D eigenvalue weighted by Gasteiger charge is 2.05. The van der Waals surface area contributed by atoms with Crippen LogP contribution >= 0.6 is 0 Å². The summed E-state index contributed by atoms with van der Waals surface area (Å²) in [5, 5.41) is 5.53. The van der Waals surface area contributed by atoms with Gasteiger partial charge in [-0.15, -0.1) is 0 Å². The third-order valence-corrected chi connectivity index (χ3v) is 3.00. The van der Waals surface area contributed by atoms with Crippen LogP contribution in [0.2, 0.25) is 0 Å². The molecule has 0 heterocycles. The number of hydrogen-bond donors (Lipinski definition) is 2. The van der Waals surface area contributed by atoms with E-state index in [1.54, 1.807) is 7.11 Å². The average Bonchev–Trinajstić information content (AvgIpc) is 2.47. The molecular weight excluding hydrogens is 272 g/mol. The van der Waals surface area contributed by atoms with E-state index in [2.05, 4.69) is 10.6 Å². The second kappa shape index (κ2) is 13.5. The average molecular weight is 300 g/mol.